The lowest BCUT2D eigenvalue weighted by Gasteiger charge is -2.34. The Morgan fingerprint density at radius 2 is 1.93 bits per heavy atom. The molecule has 1 aliphatic rings. The minimum atomic E-state index is 0.0734. The molecule has 1 N–H and O–H groups in total. The fourth-order valence-corrected chi connectivity index (χ4v) is 2.17. The van der Waals surface area contributed by atoms with E-state index in [0.717, 1.165) is 13.1 Å². The molecule has 1 heterocycles. The number of hydrogen-bond donors (Lipinski definition) is 1. The Bertz CT molecular complexity index is 222. The summed E-state index contributed by atoms with van der Waals surface area (Å²) in [6, 6.07) is 0. The van der Waals surface area contributed by atoms with Gasteiger partial charge in [0.05, 0.1) is 5.37 Å². The van der Waals surface area contributed by atoms with Crippen LogP contribution in [-0.2, 0) is 0 Å². The van der Waals surface area contributed by atoms with Gasteiger partial charge in [-0.05, 0) is 34.0 Å². The van der Waals surface area contributed by atoms with Crippen molar-refractivity contribution in [3.63, 3.8) is 0 Å². The smallest absolute Gasteiger partial charge is 0.195 e. The number of nitrogens with zero attached hydrogens (tertiary/aromatic N) is 2. The van der Waals surface area contributed by atoms with Crippen molar-refractivity contribution in [3.05, 3.63) is 0 Å². The normalized spacial score (nSPS) is 20.5. The van der Waals surface area contributed by atoms with Gasteiger partial charge in [-0.1, -0.05) is 0 Å². The maximum atomic E-state index is 8.09. The van der Waals surface area contributed by atoms with Crippen LogP contribution < -0.4 is 0 Å². The second-order valence-electron chi connectivity index (χ2n) is 4.67. The van der Waals surface area contributed by atoms with E-state index >= 15 is 0 Å². The molecule has 0 aromatic rings. The van der Waals surface area contributed by atoms with Crippen molar-refractivity contribution in [2.45, 2.75) is 38.6 Å². The monoisotopic (exact) mass is 215 g/mol. The van der Waals surface area contributed by atoms with E-state index in [1.807, 2.05) is 0 Å². The molecular formula is C10H21N3S. The van der Waals surface area contributed by atoms with Crippen LogP contribution in [0.3, 0.4) is 0 Å². The molecule has 0 spiro atoms. The van der Waals surface area contributed by atoms with Crippen molar-refractivity contribution in [1.29, 1.82) is 5.41 Å². The second-order valence-corrected chi connectivity index (χ2v) is 5.83. The highest BCUT2D eigenvalue weighted by atomic mass is 32.2. The summed E-state index contributed by atoms with van der Waals surface area (Å²) in [4.78, 5) is 4.33. The van der Waals surface area contributed by atoms with Crippen LogP contribution in [0.15, 0.2) is 0 Å². The Kier molecular flexibility index (Phi) is 3.35. The van der Waals surface area contributed by atoms with E-state index < -0.39 is 0 Å². The van der Waals surface area contributed by atoms with Gasteiger partial charge in [-0.25, -0.2) is 0 Å². The van der Waals surface area contributed by atoms with Gasteiger partial charge in [0, 0.05) is 18.6 Å². The molecule has 1 fully saturated rings. The molecule has 0 aromatic heterocycles. The standard InChI is InChI=1S/C10H21N3S/c1-8(14-5)12-6-7-13(9(12)11)10(2,3)4/h8,11H,6-7H2,1-5H3. The first-order valence-electron chi connectivity index (χ1n) is 5.03. The molecule has 0 saturated carbocycles. The molecule has 1 rings (SSSR count). The molecule has 0 aromatic carbocycles. The van der Waals surface area contributed by atoms with Crippen molar-refractivity contribution in [1.82, 2.24) is 9.80 Å². The average Bonchev–Trinajstić information content (AvgIpc) is 2.45. The Morgan fingerprint density at radius 1 is 1.36 bits per heavy atom. The molecule has 82 valence electrons. The van der Waals surface area contributed by atoms with E-state index in [2.05, 4.69) is 43.8 Å². The van der Waals surface area contributed by atoms with E-state index in [0.29, 0.717) is 11.3 Å². The summed E-state index contributed by atoms with van der Waals surface area (Å²) < 4.78 is 0. The van der Waals surface area contributed by atoms with Crippen LogP contribution in [0.2, 0.25) is 0 Å². The number of thioether (sulfide) groups is 1. The van der Waals surface area contributed by atoms with Crippen LogP contribution in [0.1, 0.15) is 27.7 Å². The van der Waals surface area contributed by atoms with Gasteiger partial charge in [-0.3, -0.25) is 5.41 Å². The fourth-order valence-electron chi connectivity index (χ4n) is 1.71. The number of guanidine groups is 1. The maximum Gasteiger partial charge on any atom is 0.195 e. The molecule has 0 bridgehead atoms. The molecule has 1 atom stereocenters. The second kappa shape index (κ2) is 4.01. The lowest BCUT2D eigenvalue weighted by atomic mass is 10.1. The molecule has 4 heteroatoms. The highest BCUT2D eigenvalue weighted by Crippen LogP contribution is 2.23. The molecule has 14 heavy (non-hydrogen) atoms. The summed E-state index contributed by atoms with van der Waals surface area (Å²) in [5, 5.41) is 8.50. The highest BCUT2D eigenvalue weighted by Gasteiger charge is 2.34. The summed E-state index contributed by atoms with van der Waals surface area (Å²) in [5.41, 5.74) is 0.0734. The zero-order valence-corrected chi connectivity index (χ0v) is 10.6. The van der Waals surface area contributed by atoms with Gasteiger partial charge >= 0.3 is 0 Å². The summed E-state index contributed by atoms with van der Waals surface area (Å²) in [7, 11) is 0. The Balaban J connectivity index is 2.69. The minimum absolute atomic E-state index is 0.0734. The lowest BCUT2D eigenvalue weighted by Crippen LogP contribution is -2.45. The topological polar surface area (TPSA) is 30.3 Å². The average molecular weight is 215 g/mol. The molecule has 0 radical (unpaired) electrons. The number of nitrogens with one attached hydrogen (secondary N) is 1. The van der Waals surface area contributed by atoms with E-state index in [-0.39, 0.29) is 5.54 Å². The van der Waals surface area contributed by atoms with Crippen molar-refractivity contribution >= 4 is 17.7 Å². The molecule has 1 unspecified atom stereocenters. The largest absolute Gasteiger partial charge is 0.336 e. The van der Waals surface area contributed by atoms with Crippen LogP contribution in [0.4, 0.5) is 0 Å². The quantitative estimate of drug-likeness (QED) is 0.764. The van der Waals surface area contributed by atoms with Crippen LogP contribution in [0, 0.1) is 5.41 Å². The third-order valence-electron chi connectivity index (χ3n) is 2.68. The fraction of sp³-hybridized carbons (Fsp3) is 0.900. The minimum Gasteiger partial charge on any atom is -0.336 e. The Labute approximate surface area is 91.3 Å². The van der Waals surface area contributed by atoms with Crippen LogP contribution in [-0.4, -0.2) is 46.0 Å². The van der Waals surface area contributed by atoms with Gasteiger partial charge in [0.2, 0.25) is 0 Å². The van der Waals surface area contributed by atoms with Crippen molar-refractivity contribution in [3.8, 4) is 0 Å². The first-order valence-corrected chi connectivity index (χ1v) is 6.32. The third kappa shape index (κ3) is 2.16. The first kappa shape index (κ1) is 11.7. The Hall–Kier alpha value is -0.380. The molecular weight excluding hydrogens is 194 g/mol. The molecule has 1 saturated heterocycles. The number of hydrogen-bond acceptors (Lipinski definition) is 2. The van der Waals surface area contributed by atoms with Crippen LogP contribution in [0.25, 0.3) is 0 Å². The predicted molar refractivity (Wildman–Crippen MR) is 63.9 cm³/mol. The summed E-state index contributed by atoms with van der Waals surface area (Å²) in [6.07, 6.45) is 2.09. The van der Waals surface area contributed by atoms with Gasteiger partial charge in [0.15, 0.2) is 5.96 Å². The van der Waals surface area contributed by atoms with E-state index in [1.54, 1.807) is 11.8 Å². The van der Waals surface area contributed by atoms with Crippen molar-refractivity contribution in [2.24, 2.45) is 0 Å². The van der Waals surface area contributed by atoms with E-state index in [9.17, 15) is 0 Å². The lowest BCUT2D eigenvalue weighted by molar-refractivity contribution is 0.257. The van der Waals surface area contributed by atoms with E-state index in [4.69, 9.17) is 5.41 Å². The zero-order valence-electron chi connectivity index (χ0n) is 9.79. The van der Waals surface area contributed by atoms with Gasteiger partial charge in [0.1, 0.15) is 0 Å². The highest BCUT2D eigenvalue weighted by molar-refractivity contribution is 7.99. The Morgan fingerprint density at radius 3 is 2.29 bits per heavy atom. The molecule has 3 nitrogen and oxygen atoms in total. The first-order chi connectivity index (χ1) is 6.38. The van der Waals surface area contributed by atoms with Gasteiger partial charge in [-0.15, -0.1) is 11.8 Å². The molecule has 0 aliphatic carbocycles. The van der Waals surface area contributed by atoms with Crippen LogP contribution in [0.5, 0.6) is 0 Å². The molecule has 1 aliphatic heterocycles. The maximum absolute atomic E-state index is 8.09. The van der Waals surface area contributed by atoms with Crippen LogP contribution >= 0.6 is 11.8 Å². The summed E-state index contributed by atoms with van der Waals surface area (Å²) >= 11 is 1.80. The zero-order chi connectivity index (χ0) is 10.9. The van der Waals surface area contributed by atoms with Gasteiger partial charge in [-0.2, -0.15) is 0 Å². The third-order valence-corrected chi connectivity index (χ3v) is 3.62. The van der Waals surface area contributed by atoms with Crippen molar-refractivity contribution < 1.29 is 0 Å². The predicted octanol–water partition coefficient (Wildman–Crippen LogP) is 2.05. The molecule has 0 amide bonds. The SMILES string of the molecule is CSC(C)N1CCN(C(C)(C)C)C1=N. The van der Waals surface area contributed by atoms with Crippen molar-refractivity contribution in [2.75, 3.05) is 19.3 Å². The number of rotatable bonds is 2. The van der Waals surface area contributed by atoms with Gasteiger partial charge < -0.3 is 9.80 Å². The van der Waals surface area contributed by atoms with E-state index in [1.165, 1.54) is 0 Å². The summed E-state index contributed by atoms with van der Waals surface area (Å²) in [5.74, 6) is 0.680. The van der Waals surface area contributed by atoms with Gasteiger partial charge in [0.25, 0.3) is 0 Å². The summed E-state index contributed by atoms with van der Waals surface area (Å²) in [6.45, 7) is 10.6.